The van der Waals surface area contributed by atoms with Gasteiger partial charge < -0.3 is 9.88 Å². The van der Waals surface area contributed by atoms with Crippen LogP contribution in [0.1, 0.15) is 49.1 Å². The predicted octanol–water partition coefficient (Wildman–Crippen LogP) is 3.91. The van der Waals surface area contributed by atoms with Gasteiger partial charge in [-0.05, 0) is 44.2 Å². The van der Waals surface area contributed by atoms with Crippen molar-refractivity contribution in [2.24, 2.45) is 0 Å². The van der Waals surface area contributed by atoms with Crippen LogP contribution >= 0.6 is 11.8 Å². The van der Waals surface area contributed by atoms with Crippen LogP contribution in [0.2, 0.25) is 0 Å². The second-order valence-corrected chi connectivity index (χ2v) is 7.31. The number of benzene rings is 1. The van der Waals surface area contributed by atoms with Gasteiger partial charge >= 0.3 is 0 Å². The van der Waals surface area contributed by atoms with E-state index in [1.54, 1.807) is 0 Å². The standard InChI is InChI=1S/C18H24N4OS/c1-4-10-22-17(14-8-9-14)20-21-18(22)24-11-15(23)19-16-12(2)6-5-7-13(16)3/h5-7,14H,4,8-11H2,1-3H3,(H,19,23). The molecule has 1 aliphatic carbocycles. The minimum absolute atomic E-state index is 0.00331. The largest absolute Gasteiger partial charge is 0.325 e. The molecule has 1 aromatic carbocycles. The number of thioether (sulfide) groups is 1. The minimum atomic E-state index is -0.00331. The molecular weight excluding hydrogens is 320 g/mol. The number of para-hydroxylation sites is 1. The van der Waals surface area contributed by atoms with Gasteiger partial charge in [0.05, 0.1) is 5.75 Å². The van der Waals surface area contributed by atoms with Crippen LogP contribution < -0.4 is 5.32 Å². The van der Waals surface area contributed by atoms with Gasteiger partial charge in [-0.15, -0.1) is 10.2 Å². The predicted molar refractivity (Wildman–Crippen MR) is 97.6 cm³/mol. The summed E-state index contributed by atoms with van der Waals surface area (Å²) < 4.78 is 2.19. The van der Waals surface area contributed by atoms with E-state index in [1.807, 2.05) is 32.0 Å². The second-order valence-electron chi connectivity index (χ2n) is 6.37. The van der Waals surface area contributed by atoms with Crippen molar-refractivity contribution in [2.45, 2.75) is 57.7 Å². The van der Waals surface area contributed by atoms with Gasteiger partial charge in [-0.2, -0.15) is 0 Å². The maximum Gasteiger partial charge on any atom is 0.234 e. The first kappa shape index (κ1) is 17.0. The molecular formula is C18H24N4OS. The molecule has 3 rings (SSSR count). The van der Waals surface area contributed by atoms with Crippen molar-refractivity contribution in [1.82, 2.24) is 14.8 Å². The van der Waals surface area contributed by atoms with Crippen molar-refractivity contribution in [1.29, 1.82) is 0 Å². The highest BCUT2D eigenvalue weighted by Crippen LogP contribution is 2.40. The fourth-order valence-electron chi connectivity index (χ4n) is 2.80. The van der Waals surface area contributed by atoms with E-state index in [0.29, 0.717) is 11.7 Å². The Morgan fingerprint density at radius 3 is 2.62 bits per heavy atom. The molecule has 128 valence electrons. The van der Waals surface area contributed by atoms with Crippen molar-refractivity contribution < 1.29 is 4.79 Å². The number of nitrogens with one attached hydrogen (secondary N) is 1. The highest BCUT2D eigenvalue weighted by Gasteiger charge is 2.30. The summed E-state index contributed by atoms with van der Waals surface area (Å²) in [6, 6.07) is 6.02. The maximum atomic E-state index is 12.3. The minimum Gasteiger partial charge on any atom is -0.325 e. The van der Waals surface area contributed by atoms with E-state index in [-0.39, 0.29) is 5.91 Å². The van der Waals surface area contributed by atoms with Crippen LogP contribution in [0.3, 0.4) is 0 Å². The molecule has 0 saturated heterocycles. The Balaban J connectivity index is 1.64. The zero-order chi connectivity index (χ0) is 17.1. The molecule has 5 nitrogen and oxygen atoms in total. The van der Waals surface area contributed by atoms with Gasteiger partial charge in [0.1, 0.15) is 5.82 Å². The van der Waals surface area contributed by atoms with Gasteiger partial charge in [0, 0.05) is 18.2 Å². The molecule has 1 amide bonds. The summed E-state index contributed by atoms with van der Waals surface area (Å²) in [5.74, 6) is 2.01. The third kappa shape index (κ3) is 3.80. The van der Waals surface area contributed by atoms with E-state index in [4.69, 9.17) is 0 Å². The number of anilines is 1. The number of nitrogens with zero attached hydrogens (tertiary/aromatic N) is 3. The normalized spacial score (nSPS) is 14.0. The molecule has 2 aromatic rings. The van der Waals surface area contributed by atoms with Gasteiger partial charge in [0.2, 0.25) is 5.91 Å². The van der Waals surface area contributed by atoms with Crippen LogP contribution in [0.4, 0.5) is 5.69 Å². The average molecular weight is 344 g/mol. The Kier molecular flexibility index (Phi) is 5.23. The molecule has 0 aliphatic heterocycles. The summed E-state index contributed by atoms with van der Waals surface area (Å²) in [4.78, 5) is 12.3. The lowest BCUT2D eigenvalue weighted by molar-refractivity contribution is -0.113. The third-order valence-electron chi connectivity index (χ3n) is 4.21. The molecule has 0 bridgehead atoms. The molecule has 1 heterocycles. The molecule has 1 aromatic heterocycles. The molecule has 1 saturated carbocycles. The number of aromatic nitrogens is 3. The summed E-state index contributed by atoms with van der Waals surface area (Å²) >= 11 is 1.47. The summed E-state index contributed by atoms with van der Waals surface area (Å²) in [6.45, 7) is 7.09. The zero-order valence-electron chi connectivity index (χ0n) is 14.5. The number of hydrogen-bond acceptors (Lipinski definition) is 4. The number of amides is 1. The Morgan fingerprint density at radius 1 is 1.29 bits per heavy atom. The molecule has 0 radical (unpaired) electrons. The number of carbonyl (C=O) groups is 1. The first-order valence-corrected chi connectivity index (χ1v) is 9.50. The number of aryl methyl sites for hydroxylation is 2. The topological polar surface area (TPSA) is 59.8 Å². The molecule has 1 fully saturated rings. The van der Waals surface area contributed by atoms with E-state index in [1.165, 1.54) is 24.6 Å². The van der Waals surface area contributed by atoms with Crippen LogP contribution in [0.25, 0.3) is 0 Å². The Labute approximate surface area is 147 Å². The lowest BCUT2D eigenvalue weighted by atomic mass is 10.1. The monoisotopic (exact) mass is 344 g/mol. The fraction of sp³-hybridized carbons (Fsp3) is 0.500. The summed E-state index contributed by atoms with van der Waals surface area (Å²) in [5, 5.41) is 12.5. The summed E-state index contributed by atoms with van der Waals surface area (Å²) in [6.07, 6.45) is 3.46. The summed E-state index contributed by atoms with van der Waals surface area (Å²) in [5.41, 5.74) is 3.08. The molecule has 24 heavy (non-hydrogen) atoms. The molecule has 6 heteroatoms. The second kappa shape index (κ2) is 7.38. The number of rotatable bonds is 7. The lowest BCUT2D eigenvalue weighted by Crippen LogP contribution is -2.16. The Hall–Kier alpha value is -1.82. The molecule has 1 N–H and O–H groups in total. The maximum absolute atomic E-state index is 12.3. The lowest BCUT2D eigenvalue weighted by Gasteiger charge is -2.11. The van der Waals surface area contributed by atoms with E-state index >= 15 is 0 Å². The van der Waals surface area contributed by atoms with Crippen LogP contribution in [-0.4, -0.2) is 26.4 Å². The van der Waals surface area contributed by atoms with Crippen molar-refractivity contribution in [2.75, 3.05) is 11.1 Å². The van der Waals surface area contributed by atoms with Crippen molar-refractivity contribution in [3.8, 4) is 0 Å². The fourth-order valence-corrected chi connectivity index (χ4v) is 3.57. The van der Waals surface area contributed by atoms with Gasteiger partial charge in [-0.25, -0.2) is 0 Å². The van der Waals surface area contributed by atoms with Gasteiger partial charge in [-0.3, -0.25) is 4.79 Å². The SMILES string of the molecule is CCCn1c(SCC(=O)Nc2c(C)cccc2C)nnc1C1CC1. The van der Waals surface area contributed by atoms with Crippen molar-refractivity contribution in [3.05, 3.63) is 35.2 Å². The molecule has 0 unspecified atom stereocenters. The van der Waals surface area contributed by atoms with E-state index in [2.05, 4.69) is 27.0 Å². The summed E-state index contributed by atoms with van der Waals surface area (Å²) in [7, 11) is 0. The highest BCUT2D eigenvalue weighted by atomic mass is 32.2. The molecule has 0 atom stereocenters. The third-order valence-corrected chi connectivity index (χ3v) is 5.18. The van der Waals surface area contributed by atoms with Crippen LogP contribution in [0.5, 0.6) is 0 Å². The van der Waals surface area contributed by atoms with Crippen LogP contribution in [0.15, 0.2) is 23.4 Å². The highest BCUT2D eigenvalue weighted by molar-refractivity contribution is 7.99. The Bertz CT molecular complexity index is 716. The van der Waals surface area contributed by atoms with E-state index in [0.717, 1.165) is 40.8 Å². The smallest absolute Gasteiger partial charge is 0.234 e. The van der Waals surface area contributed by atoms with Gasteiger partial charge in [-0.1, -0.05) is 36.9 Å². The zero-order valence-corrected chi connectivity index (χ0v) is 15.3. The average Bonchev–Trinajstić information content (AvgIpc) is 3.32. The van der Waals surface area contributed by atoms with Crippen LogP contribution in [0, 0.1) is 13.8 Å². The molecule has 0 spiro atoms. The van der Waals surface area contributed by atoms with Crippen LogP contribution in [-0.2, 0) is 11.3 Å². The van der Waals surface area contributed by atoms with E-state index < -0.39 is 0 Å². The Morgan fingerprint density at radius 2 is 2.00 bits per heavy atom. The first-order valence-electron chi connectivity index (χ1n) is 8.52. The van der Waals surface area contributed by atoms with Gasteiger partial charge in [0.15, 0.2) is 5.16 Å². The number of carbonyl (C=O) groups excluding carboxylic acids is 1. The van der Waals surface area contributed by atoms with Crippen molar-refractivity contribution >= 4 is 23.4 Å². The van der Waals surface area contributed by atoms with Crippen molar-refractivity contribution in [3.63, 3.8) is 0 Å². The number of hydrogen-bond donors (Lipinski definition) is 1. The van der Waals surface area contributed by atoms with E-state index in [9.17, 15) is 4.79 Å². The quantitative estimate of drug-likeness (QED) is 0.774. The molecule has 1 aliphatic rings. The first-order chi connectivity index (χ1) is 11.6. The van der Waals surface area contributed by atoms with Gasteiger partial charge in [0.25, 0.3) is 0 Å².